The molecule has 4 nitrogen and oxygen atoms in total. The summed E-state index contributed by atoms with van der Waals surface area (Å²) in [5.74, 6) is 0.0460. The van der Waals surface area contributed by atoms with Crippen LogP contribution in [0.2, 0.25) is 0 Å². The third-order valence-electron chi connectivity index (χ3n) is 1.26. The van der Waals surface area contributed by atoms with Crippen LogP contribution in [0, 0.1) is 0 Å². The van der Waals surface area contributed by atoms with E-state index in [0.717, 1.165) is 0 Å². The molecule has 0 amide bonds. The first-order valence-electron chi connectivity index (χ1n) is 2.96. The predicted octanol–water partition coefficient (Wildman–Crippen LogP) is -0.870. The van der Waals surface area contributed by atoms with Gasteiger partial charge in [-0.2, -0.15) is 0 Å². The van der Waals surface area contributed by atoms with E-state index >= 15 is 0 Å². The summed E-state index contributed by atoms with van der Waals surface area (Å²) in [4.78, 5) is 0. The lowest BCUT2D eigenvalue weighted by Crippen LogP contribution is -2.38. The van der Waals surface area contributed by atoms with Crippen molar-refractivity contribution >= 4 is 27.2 Å². The number of nitrogens with one attached hydrogen (secondary N) is 1. The van der Waals surface area contributed by atoms with Gasteiger partial charge in [0.15, 0.2) is 14.9 Å². The second kappa shape index (κ2) is 2.78. The number of hydrogen-bond donors (Lipinski definition) is 2. The molecule has 3 N–H and O–H groups in total. The van der Waals surface area contributed by atoms with Gasteiger partial charge in [-0.25, -0.2) is 8.42 Å². The summed E-state index contributed by atoms with van der Waals surface area (Å²) in [7, 11) is -3.00. The highest BCUT2D eigenvalue weighted by Crippen LogP contribution is 2.06. The molecule has 0 aromatic carbocycles. The fraction of sp³-hybridized carbons (Fsp3) is 0.400. The largest absolute Gasteiger partial charge is 0.376 e. The van der Waals surface area contributed by atoms with Crippen LogP contribution < -0.4 is 11.1 Å². The molecule has 0 saturated heterocycles. The molecule has 0 radical (unpaired) electrons. The third-order valence-corrected chi connectivity index (χ3v) is 2.77. The summed E-state index contributed by atoms with van der Waals surface area (Å²) in [6.45, 7) is 0. The zero-order valence-corrected chi connectivity index (χ0v) is 7.28. The van der Waals surface area contributed by atoms with Crippen LogP contribution in [0.4, 0.5) is 0 Å². The van der Waals surface area contributed by atoms with Crippen LogP contribution in [-0.2, 0) is 9.84 Å². The van der Waals surface area contributed by atoms with Gasteiger partial charge in [0.05, 0.1) is 11.8 Å². The fourth-order valence-corrected chi connectivity index (χ4v) is 2.24. The monoisotopic (exact) mass is 192 g/mol. The second-order valence-corrected chi connectivity index (χ2v) is 4.64. The van der Waals surface area contributed by atoms with Crippen molar-refractivity contribution in [2.75, 3.05) is 5.75 Å². The first-order chi connectivity index (χ1) is 4.99. The molecule has 1 rings (SSSR count). The number of nitrogens with two attached hydrogens (primary N) is 1. The van der Waals surface area contributed by atoms with Gasteiger partial charge < -0.3 is 11.1 Å². The second-order valence-electron chi connectivity index (χ2n) is 2.27. The number of rotatable bonds is 1. The van der Waals surface area contributed by atoms with Crippen LogP contribution in [0.1, 0.15) is 0 Å². The lowest BCUT2D eigenvalue weighted by molar-refractivity contribution is 0.602. The highest BCUT2D eigenvalue weighted by atomic mass is 32.2. The summed E-state index contributed by atoms with van der Waals surface area (Å²) in [5, 5.41) is 3.93. The van der Waals surface area contributed by atoms with E-state index in [1.54, 1.807) is 0 Å². The standard InChI is InChI=1S/C5H8N2O2S2/c6-5(10)7-4-1-2-11(8,9)3-4/h1-2,4H,3H2,(H3,6,7,10)/t4-/m1/s1. The van der Waals surface area contributed by atoms with Crippen molar-refractivity contribution < 1.29 is 8.42 Å². The Labute approximate surface area is 70.4 Å². The Morgan fingerprint density at radius 1 is 1.73 bits per heavy atom. The van der Waals surface area contributed by atoms with Gasteiger partial charge in [-0.3, -0.25) is 0 Å². The zero-order valence-electron chi connectivity index (χ0n) is 5.65. The Morgan fingerprint density at radius 2 is 2.36 bits per heavy atom. The molecule has 0 fully saturated rings. The van der Waals surface area contributed by atoms with E-state index in [1.807, 2.05) is 0 Å². The van der Waals surface area contributed by atoms with Crippen LogP contribution in [0.15, 0.2) is 11.5 Å². The first kappa shape index (κ1) is 8.48. The maximum Gasteiger partial charge on any atom is 0.173 e. The molecule has 0 saturated carbocycles. The van der Waals surface area contributed by atoms with Crippen LogP contribution >= 0.6 is 12.2 Å². The van der Waals surface area contributed by atoms with Crippen molar-refractivity contribution in [3.8, 4) is 0 Å². The van der Waals surface area contributed by atoms with E-state index < -0.39 is 9.84 Å². The summed E-state index contributed by atoms with van der Waals surface area (Å²) in [5.41, 5.74) is 5.15. The van der Waals surface area contributed by atoms with E-state index in [4.69, 9.17) is 5.73 Å². The van der Waals surface area contributed by atoms with Gasteiger partial charge in [0.2, 0.25) is 0 Å². The molecule has 0 aromatic heterocycles. The van der Waals surface area contributed by atoms with Crippen LogP contribution in [0.3, 0.4) is 0 Å². The Hall–Kier alpha value is -0.620. The van der Waals surface area contributed by atoms with Crippen molar-refractivity contribution in [2.45, 2.75) is 6.04 Å². The van der Waals surface area contributed by atoms with Crippen molar-refractivity contribution in [2.24, 2.45) is 5.73 Å². The Bertz CT molecular complexity index is 294. The van der Waals surface area contributed by atoms with Gasteiger partial charge in [0.1, 0.15) is 0 Å². The maximum absolute atomic E-state index is 10.8. The van der Waals surface area contributed by atoms with Crippen molar-refractivity contribution in [3.05, 3.63) is 11.5 Å². The number of hydrogen-bond acceptors (Lipinski definition) is 3. The van der Waals surface area contributed by atoms with E-state index in [1.165, 1.54) is 11.5 Å². The van der Waals surface area contributed by atoms with Crippen molar-refractivity contribution in [1.82, 2.24) is 5.32 Å². The minimum atomic E-state index is -3.00. The summed E-state index contributed by atoms with van der Waals surface area (Å²) in [6.07, 6.45) is 1.54. The SMILES string of the molecule is NC(=S)N[C@@H]1C=CS(=O)(=O)C1. The number of thiocarbonyl (C=S) groups is 1. The van der Waals surface area contributed by atoms with Crippen molar-refractivity contribution in [3.63, 3.8) is 0 Å². The lowest BCUT2D eigenvalue weighted by Gasteiger charge is -2.07. The Balaban J connectivity index is 2.58. The highest BCUT2D eigenvalue weighted by Gasteiger charge is 2.21. The average Bonchev–Trinajstić information content (AvgIpc) is 2.08. The predicted molar refractivity (Wildman–Crippen MR) is 46.6 cm³/mol. The van der Waals surface area contributed by atoms with E-state index in [2.05, 4.69) is 17.5 Å². The molecular formula is C5H8N2O2S2. The molecule has 0 aliphatic carbocycles. The van der Waals surface area contributed by atoms with Gasteiger partial charge in [-0.1, -0.05) is 0 Å². The molecule has 0 bridgehead atoms. The Morgan fingerprint density at radius 3 is 2.73 bits per heavy atom. The quantitative estimate of drug-likeness (QED) is 0.528. The normalized spacial score (nSPS) is 26.7. The average molecular weight is 192 g/mol. The Kier molecular flexibility index (Phi) is 2.15. The topological polar surface area (TPSA) is 72.2 Å². The van der Waals surface area contributed by atoms with Gasteiger partial charge in [-0.05, 0) is 18.3 Å². The van der Waals surface area contributed by atoms with E-state index in [9.17, 15) is 8.42 Å². The van der Waals surface area contributed by atoms with Gasteiger partial charge in [0.25, 0.3) is 0 Å². The molecule has 0 unspecified atom stereocenters. The van der Waals surface area contributed by atoms with Crippen LogP contribution in [0.25, 0.3) is 0 Å². The van der Waals surface area contributed by atoms with Gasteiger partial charge in [-0.15, -0.1) is 0 Å². The molecule has 1 heterocycles. The van der Waals surface area contributed by atoms with Gasteiger partial charge >= 0.3 is 0 Å². The minimum absolute atomic E-state index is 0.0460. The highest BCUT2D eigenvalue weighted by molar-refractivity contribution is 7.94. The molecule has 62 valence electrons. The first-order valence-corrected chi connectivity index (χ1v) is 5.09. The van der Waals surface area contributed by atoms with Gasteiger partial charge in [0, 0.05) is 5.41 Å². The van der Waals surface area contributed by atoms with Crippen LogP contribution in [0.5, 0.6) is 0 Å². The molecule has 0 spiro atoms. The molecule has 1 atom stereocenters. The molecule has 6 heteroatoms. The number of sulfone groups is 1. The summed E-state index contributed by atoms with van der Waals surface area (Å²) in [6, 6.07) is -0.252. The minimum Gasteiger partial charge on any atom is -0.376 e. The lowest BCUT2D eigenvalue weighted by atomic mass is 10.3. The molecular weight excluding hydrogens is 184 g/mol. The molecule has 1 aliphatic heterocycles. The maximum atomic E-state index is 10.8. The van der Waals surface area contributed by atoms with Crippen molar-refractivity contribution in [1.29, 1.82) is 0 Å². The van der Waals surface area contributed by atoms with Crippen LogP contribution in [-0.4, -0.2) is 25.3 Å². The smallest absolute Gasteiger partial charge is 0.173 e. The zero-order chi connectivity index (χ0) is 8.48. The summed E-state index contributed by atoms with van der Waals surface area (Å²) >= 11 is 4.55. The third kappa shape index (κ3) is 2.47. The molecule has 0 aromatic rings. The molecule has 1 aliphatic rings. The van der Waals surface area contributed by atoms with E-state index in [-0.39, 0.29) is 16.9 Å². The fourth-order valence-electron chi connectivity index (χ4n) is 0.848. The van der Waals surface area contributed by atoms with E-state index in [0.29, 0.717) is 0 Å². The summed E-state index contributed by atoms with van der Waals surface area (Å²) < 4.78 is 21.6. The molecule has 11 heavy (non-hydrogen) atoms.